The summed E-state index contributed by atoms with van der Waals surface area (Å²) in [5, 5.41) is 4.34. The SMILES string of the molecule is CN1C(=O)[C@@H](CC(=O)c2ncc3cnn(CC(C)(F)F)c3n2)COc2ccccc21. The third-order valence-corrected chi connectivity index (χ3v) is 4.83. The molecule has 10 heteroatoms. The van der Waals surface area contributed by atoms with Crippen LogP contribution in [-0.4, -0.2) is 51.0 Å². The van der Waals surface area contributed by atoms with Crippen LogP contribution in [0.15, 0.2) is 36.7 Å². The van der Waals surface area contributed by atoms with Gasteiger partial charge in [0.2, 0.25) is 11.7 Å². The van der Waals surface area contributed by atoms with Crippen molar-refractivity contribution in [2.24, 2.45) is 5.92 Å². The number of amides is 1. The number of ether oxygens (including phenoxy) is 1. The Bertz CT molecular complexity index is 1130. The Balaban J connectivity index is 1.56. The fourth-order valence-corrected chi connectivity index (χ4v) is 3.35. The summed E-state index contributed by atoms with van der Waals surface area (Å²) < 4.78 is 33.5. The maximum Gasteiger partial charge on any atom is 0.264 e. The van der Waals surface area contributed by atoms with Crippen molar-refractivity contribution in [3.8, 4) is 5.75 Å². The van der Waals surface area contributed by atoms with Crippen molar-refractivity contribution in [3.05, 3.63) is 42.5 Å². The summed E-state index contributed by atoms with van der Waals surface area (Å²) in [6.45, 7) is 0.146. The topological polar surface area (TPSA) is 90.2 Å². The Morgan fingerprint density at radius 1 is 1.30 bits per heavy atom. The molecule has 8 nitrogen and oxygen atoms in total. The molecule has 0 saturated heterocycles. The van der Waals surface area contributed by atoms with Crippen molar-refractivity contribution in [1.82, 2.24) is 19.7 Å². The van der Waals surface area contributed by atoms with Gasteiger partial charge < -0.3 is 9.64 Å². The minimum Gasteiger partial charge on any atom is -0.491 e. The van der Waals surface area contributed by atoms with E-state index in [1.807, 2.05) is 0 Å². The van der Waals surface area contributed by atoms with Gasteiger partial charge in [0.25, 0.3) is 5.92 Å². The molecule has 0 fully saturated rings. The van der Waals surface area contributed by atoms with E-state index in [-0.39, 0.29) is 30.4 Å². The predicted octanol–water partition coefficient (Wildman–Crippen LogP) is 2.73. The number of halogens is 2. The first-order valence-electron chi connectivity index (χ1n) is 9.32. The van der Waals surface area contributed by atoms with Crippen LogP contribution in [0.2, 0.25) is 0 Å². The molecule has 0 radical (unpaired) electrons. The van der Waals surface area contributed by atoms with Gasteiger partial charge in [-0.2, -0.15) is 5.10 Å². The second-order valence-electron chi connectivity index (χ2n) is 7.35. The van der Waals surface area contributed by atoms with E-state index in [1.165, 1.54) is 17.3 Å². The van der Waals surface area contributed by atoms with Crippen molar-refractivity contribution in [2.75, 3.05) is 18.6 Å². The molecule has 0 N–H and O–H groups in total. The summed E-state index contributed by atoms with van der Waals surface area (Å²) in [6.07, 6.45) is 2.56. The average molecular weight is 415 g/mol. The van der Waals surface area contributed by atoms with Gasteiger partial charge in [0.05, 0.1) is 23.2 Å². The van der Waals surface area contributed by atoms with E-state index >= 15 is 0 Å². The smallest absolute Gasteiger partial charge is 0.264 e. The number of nitrogens with zero attached hydrogens (tertiary/aromatic N) is 5. The molecular formula is C20H19F2N5O3. The van der Waals surface area contributed by atoms with Gasteiger partial charge in [0.1, 0.15) is 18.9 Å². The average Bonchev–Trinajstić information content (AvgIpc) is 3.05. The minimum atomic E-state index is -2.99. The second kappa shape index (κ2) is 7.43. The van der Waals surface area contributed by atoms with E-state index in [9.17, 15) is 18.4 Å². The molecule has 3 aromatic rings. The molecule has 1 amide bonds. The number of carbonyl (C=O) groups excluding carboxylic acids is 2. The minimum absolute atomic E-state index is 0.0359. The van der Waals surface area contributed by atoms with Gasteiger partial charge in [-0.3, -0.25) is 9.59 Å². The van der Waals surface area contributed by atoms with Crippen LogP contribution in [-0.2, 0) is 11.3 Å². The third kappa shape index (κ3) is 3.85. The van der Waals surface area contributed by atoms with Crippen LogP contribution in [0.1, 0.15) is 24.0 Å². The molecule has 30 heavy (non-hydrogen) atoms. The number of anilines is 1. The highest BCUT2D eigenvalue weighted by Gasteiger charge is 2.32. The molecule has 1 aliphatic heterocycles. The quantitative estimate of drug-likeness (QED) is 0.595. The summed E-state index contributed by atoms with van der Waals surface area (Å²) in [6, 6.07) is 7.11. The molecule has 156 valence electrons. The number of alkyl halides is 2. The van der Waals surface area contributed by atoms with Gasteiger partial charge in [-0.05, 0) is 12.1 Å². The van der Waals surface area contributed by atoms with Crippen molar-refractivity contribution in [2.45, 2.75) is 25.8 Å². The number of ketones is 1. The van der Waals surface area contributed by atoms with Crippen LogP contribution in [0, 0.1) is 5.92 Å². The molecule has 0 bridgehead atoms. The van der Waals surface area contributed by atoms with Crippen LogP contribution in [0.5, 0.6) is 5.75 Å². The first-order valence-corrected chi connectivity index (χ1v) is 9.32. The Morgan fingerprint density at radius 3 is 2.83 bits per heavy atom. The number of fused-ring (bicyclic) bond motifs is 2. The molecule has 0 spiro atoms. The lowest BCUT2D eigenvalue weighted by Crippen LogP contribution is -2.35. The van der Waals surface area contributed by atoms with Gasteiger partial charge in [-0.1, -0.05) is 12.1 Å². The molecule has 4 rings (SSSR count). The summed E-state index contributed by atoms with van der Waals surface area (Å²) >= 11 is 0. The molecule has 0 unspecified atom stereocenters. The number of carbonyl (C=O) groups is 2. The highest BCUT2D eigenvalue weighted by molar-refractivity contribution is 6.01. The number of hydrogen-bond donors (Lipinski definition) is 0. The number of rotatable bonds is 5. The molecule has 1 atom stereocenters. The lowest BCUT2D eigenvalue weighted by atomic mass is 10.0. The van der Waals surface area contributed by atoms with Crippen molar-refractivity contribution in [1.29, 1.82) is 0 Å². The van der Waals surface area contributed by atoms with Gasteiger partial charge in [0.15, 0.2) is 11.5 Å². The summed E-state index contributed by atoms with van der Waals surface area (Å²) in [7, 11) is 1.62. The van der Waals surface area contributed by atoms with Crippen LogP contribution < -0.4 is 9.64 Å². The Morgan fingerprint density at radius 2 is 2.07 bits per heavy atom. The standard InChI is InChI=1S/C20H19F2N5O3/c1-20(21,22)11-27-18-13(9-24-27)8-23-17(25-18)15(28)7-12-10-30-16-6-4-3-5-14(16)26(2)19(12)29/h3-6,8-9,12H,7,10-11H2,1-2H3/t12-/m0/s1. The van der Waals surface area contributed by atoms with Gasteiger partial charge in [0, 0.05) is 26.6 Å². The fourth-order valence-electron chi connectivity index (χ4n) is 3.35. The molecule has 2 aromatic heterocycles. The molecule has 1 aromatic carbocycles. The fraction of sp³-hybridized carbons (Fsp3) is 0.350. The normalized spacial score (nSPS) is 16.9. The number of benzene rings is 1. The number of para-hydroxylation sites is 2. The second-order valence-corrected chi connectivity index (χ2v) is 7.35. The summed E-state index contributed by atoms with van der Waals surface area (Å²) in [5.74, 6) is -4.04. The van der Waals surface area contributed by atoms with Gasteiger partial charge >= 0.3 is 0 Å². The summed E-state index contributed by atoms with van der Waals surface area (Å²) in [5.41, 5.74) is 0.766. The number of hydrogen-bond acceptors (Lipinski definition) is 6. The zero-order chi connectivity index (χ0) is 21.5. The Labute approximate surface area is 170 Å². The lowest BCUT2D eigenvalue weighted by molar-refractivity contribution is -0.122. The first kappa shape index (κ1) is 19.9. The van der Waals surface area contributed by atoms with E-state index in [2.05, 4.69) is 15.1 Å². The molecular weight excluding hydrogens is 396 g/mol. The zero-order valence-corrected chi connectivity index (χ0v) is 16.4. The highest BCUT2D eigenvalue weighted by Crippen LogP contribution is 2.32. The summed E-state index contributed by atoms with van der Waals surface area (Å²) in [4.78, 5) is 35.2. The third-order valence-electron chi connectivity index (χ3n) is 4.83. The molecule has 3 heterocycles. The van der Waals surface area contributed by atoms with Crippen LogP contribution in [0.25, 0.3) is 11.0 Å². The molecule has 0 aliphatic carbocycles. The van der Waals surface area contributed by atoms with E-state index in [0.29, 0.717) is 16.8 Å². The number of aromatic nitrogens is 4. The van der Waals surface area contributed by atoms with Crippen LogP contribution in [0.4, 0.5) is 14.5 Å². The highest BCUT2D eigenvalue weighted by atomic mass is 19.3. The van der Waals surface area contributed by atoms with Crippen LogP contribution in [0.3, 0.4) is 0 Å². The van der Waals surface area contributed by atoms with Gasteiger partial charge in [-0.25, -0.2) is 23.4 Å². The first-order chi connectivity index (χ1) is 14.2. The van der Waals surface area contributed by atoms with Gasteiger partial charge in [-0.15, -0.1) is 0 Å². The monoisotopic (exact) mass is 415 g/mol. The van der Waals surface area contributed by atoms with E-state index in [1.54, 1.807) is 31.3 Å². The van der Waals surface area contributed by atoms with Crippen molar-refractivity contribution in [3.63, 3.8) is 0 Å². The van der Waals surface area contributed by atoms with Crippen LogP contribution >= 0.6 is 0 Å². The maximum atomic E-state index is 13.4. The molecule has 1 aliphatic rings. The van der Waals surface area contributed by atoms with Crippen molar-refractivity contribution < 1.29 is 23.1 Å². The van der Waals surface area contributed by atoms with E-state index in [0.717, 1.165) is 11.6 Å². The van der Waals surface area contributed by atoms with Crippen molar-refractivity contribution >= 4 is 28.4 Å². The predicted molar refractivity (Wildman–Crippen MR) is 104 cm³/mol. The van der Waals surface area contributed by atoms with E-state index in [4.69, 9.17) is 4.74 Å². The largest absolute Gasteiger partial charge is 0.491 e. The van der Waals surface area contributed by atoms with E-state index < -0.39 is 24.2 Å². The molecule has 0 saturated carbocycles. The Hall–Kier alpha value is -3.43. The Kier molecular flexibility index (Phi) is 4.92. The maximum absolute atomic E-state index is 13.4. The number of Topliss-reactive ketones (excluding diaryl/α,β-unsaturated/α-hetero) is 1. The zero-order valence-electron chi connectivity index (χ0n) is 16.4. The lowest BCUT2D eigenvalue weighted by Gasteiger charge is -2.19.